The number of para-hydroxylation sites is 1. The fourth-order valence-electron chi connectivity index (χ4n) is 3.00. The summed E-state index contributed by atoms with van der Waals surface area (Å²) in [6.45, 7) is 4.44. The molecule has 0 aliphatic rings. The van der Waals surface area contributed by atoms with E-state index in [4.69, 9.17) is 10.7 Å². The first kappa shape index (κ1) is 16.3. The second-order valence-corrected chi connectivity index (χ2v) is 6.11. The fraction of sp³-hybridized carbons (Fsp3) is 0.333. The molecule has 0 bridgehead atoms. The van der Waals surface area contributed by atoms with Gasteiger partial charge in [-0.25, -0.2) is 4.98 Å². The number of likely N-dealkylation sites (N-methyl/N-ethyl adjacent to an activating group) is 1. The van der Waals surface area contributed by atoms with Gasteiger partial charge in [0.1, 0.15) is 11.5 Å². The van der Waals surface area contributed by atoms with Gasteiger partial charge in [-0.2, -0.15) is 0 Å². The van der Waals surface area contributed by atoms with Crippen LogP contribution in [0.25, 0.3) is 21.9 Å². The van der Waals surface area contributed by atoms with Crippen LogP contribution in [0.5, 0.6) is 0 Å². The highest BCUT2D eigenvalue weighted by atomic mass is 16.1. The Balaban J connectivity index is 2.18. The topological polar surface area (TPSA) is 76.2 Å². The number of fused-ring (bicyclic) bond motifs is 3. The molecule has 6 nitrogen and oxygen atoms in total. The zero-order valence-electron chi connectivity index (χ0n) is 14.3. The quantitative estimate of drug-likeness (QED) is 0.729. The summed E-state index contributed by atoms with van der Waals surface area (Å²) in [5.41, 5.74) is 8.00. The maximum atomic E-state index is 11.9. The fourth-order valence-corrected chi connectivity index (χ4v) is 3.00. The Labute approximate surface area is 141 Å². The first-order chi connectivity index (χ1) is 11.5. The normalized spacial score (nSPS) is 11.5. The molecule has 24 heavy (non-hydrogen) atoms. The van der Waals surface area contributed by atoms with E-state index < -0.39 is 5.91 Å². The summed E-state index contributed by atoms with van der Waals surface area (Å²) in [6.07, 6.45) is 0. The Morgan fingerprint density at radius 3 is 2.71 bits per heavy atom. The highest BCUT2D eigenvalue weighted by molar-refractivity contribution is 6.10. The molecule has 0 saturated heterocycles. The maximum Gasteiger partial charge on any atom is 0.252 e. The number of primary amides is 1. The van der Waals surface area contributed by atoms with Crippen LogP contribution in [0.15, 0.2) is 30.3 Å². The third kappa shape index (κ3) is 2.80. The van der Waals surface area contributed by atoms with Crippen molar-refractivity contribution >= 4 is 33.7 Å². The largest absolute Gasteiger partial charge is 0.368 e. The van der Waals surface area contributed by atoms with Crippen molar-refractivity contribution in [2.24, 2.45) is 5.73 Å². The molecule has 1 amide bonds. The van der Waals surface area contributed by atoms with E-state index in [9.17, 15) is 4.79 Å². The van der Waals surface area contributed by atoms with Crippen molar-refractivity contribution in [2.45, 2.75) is 13.5 Å². The molecule has 0 spiro atoms. The molecule has 3 N–H and O–H groups in total. The lowest BCUT2D eigenvalue weighted by Crippen LogP contribution is -2.23. The molecule has 1 aromatic carbocycles. The number of carbonyl (C=O) groups excluding carboxylic acids is 1. The van der Waals surface area contributed by atoms with E-state index in [1.807, 2.05) is 32.3 Å². The van der Waals surface area contributed by atoms with Crippen molar-refractivity contribution in [3.05, 3.63) is 35.9 Å². The lowest BCUT2D eigenvalue weighted by Gasteiger charge is -2.13. The molecule has 0 aliphatic heterocycles. The zero-order valence-corrected chi connectivity index (χ0v) is 14.3. The van der Waals surface area contributed by atoms with Crippen LogP contribution in [0.2, 0.25) is 0 Å². The van der Waals surface area contributed by atoms with Gasteiger partial charge in [0.05, 0.1) is 11.1 Å². The average Bonchev–Trinajstić information content (AvgIpc) is 2.86. The van der Waals surface area contributed by atoms with Crippen molar-refractivity contribution < 1.29 is 4.79 Å². The second-order valence-electron chi connectivity index (χ2n) is 6.11. The SMILES string of the molecule is CCn1c2ccccc2c2cc(C(N)=O)c(NCCN(C)C)nc21. The van der Waals surface area contributed by atoms with Gasteiger partial charge in [0.2, 0.25) is 0 Å². The Bertz CT molecular complexity index is 897. The van der Waals surface area contributed by atoms with E-state index in [0.717, 1.165) is 35.0 Å². The maximum absolute atomic E-state index is 11.9. The molecule has 0 radical (unpaired) electrons. The minimum absolute atomic E-state index is 0.431. The predicted molar refractivity (Wildman–Crippen MR) is 98.5 cm³/mol. The van der Waals surface area contributed by atoms with E-state index in [1.54, 1.807) is 0 Å². The number of hydrogen-bond donors (Lipinski definition) is 2. The van der Waals surface area contributed by atoms with Crippen LogP contribution in [-0.2, 0) is 6.54 Å². The molecule has 0 fully saturated rings. The Hall–Kier alpha value is -2.60. The molecule has 3 rings (SSSR count). The van der Waals surface area contributed by atoms with E-state index in [1.165, 1.54) is 0 Å². The smallest absolute Gasteiger partial charge is 0.252 e. The third-order valence-corrected chi connectivity index (χ3v) is 4.18. The number of benzene rings is 1. The van der Waals surface area contributed by atoms with Crippen LogP contribution in [0.3, 0.4) is 0 Å². The highest BCUT2D eigenvalue weighted by Gasteiger charge is 2.17. The predicted octanol–water partition coefficient (Wildman–Crippen LogP) is 2.28. The van der Waals surface area contributed by atoms with Crippen molar-refractivity contribution in [3.8, 4) is 0 Å². The molecule has 0 aliphatic carbocycles. The molecule has 2 heterocycles. The lowest BCUT2D eigenvalue weighted by molar-refractivity contribution is 0.100. The molecule has 2 aromatic heterocycles. The molecule has 126 valence electrons. The van der Waals surface area contributed by atoms with Crippen LogP contribution >= 0.6 is 0 Å². The third-order valence-electron chi connectivity index (χ3n) is 4.18. The van der Waals surface area contributed by atoms with Gasteiger partial charge in [0.15, 0.2) is 0 Å². The first-order valence-electron chi connectivity index (χ1n) is 8.13. The summed E-state index contributed by atoms with van der Waals surface area (Å²) in [5, 5.41) is 5.29. The van der Waals surface area contributed by atoms with E-state index in [-0.39, 0.29) is 0 Å². The second kappa shape index (κ2) is 6.49. The van der Waals surface area contributed by atoms with Crippen molar-refractivity contribution in [1.29, 1.82) is 0 Å². The van der Waals surface area contributed by atoms with Gasteiger partial charge < -0.3 is 20.5 Å². The summed E-state index contributed by atoms with van der Waals surface area (Å²) in [5.74, 6) is 0.0828. The summed E-state index contributed by atoms with van der Waals surface area (Å²) in [4.78, 5) is 18.7. The zero-order chi connectivity index (χ0) is 17.3. The van der Waals surface area contributed by atoms with Gasteiger partial charge in [-0.05, 0) is 33.2 Å². The Morgan fingerprint density at radius 1 is 1.29 bits per heavy atom. The van der Waals surface area contributed by atoms with E-state index >= 15 is 0 Å². The van der Waals surface area contributed by atoms with Gasteiger partial charge in [-0.15, -0.1) is 0 Å². The summed E-state index contributed by atoms with van der Waals surface area (Å²) >= 11 is 0. The molecular formula is C18H23N5O. The Morgan fingerprint density at radius 2 is 2.04 bits per heavy atom. The minimum atomic E-state index is -0.468. The van der Waals surface area contributed by atoms with E-state index in [2.05, 4.69) is 33.8 Å². The van der Waals surface area contributed by atoms with Crippen molar-refractivity contribution in [3.63, 3.8) is 0 Å². The molecule has 3 aromatic rings. The molecule has 0 atom stereocenters. The van der Waals surface area contributed by atoms with Crippen LogP contribution < -0.4 is 11.1 Å². The van der Waals surface area contributed by atoms with Crippen LogP contribution in [0.1, 0.15) is 17.3 Å². The molecular weight excluding hydrogens is 302 g/mol. The minimum Gasteiger partial charge on any atom is -0.368 e. The van der Waals surface area contributed by atoms with Crippen LogP contribution in [0, 0.1) is 0 Å². The van der Waals surface area contributed by atoms with Gasteiger partial charge >= 0.3 is 0 Å². The average molecular weight is 325 g/mol. The number of nitrogens with zero attached hydrogens (tertiary/aromatic N) is 3. The number of nitrogens with two attached hydrogens (primary N) is 1. The lowest BCUT2D eigenvalue weighted by atomic mass is 10.1. The van der Waals surface area contributed by atoms with Crippen LogP contribution in [0.4, 0.5) is 5.82 Å². The summed E-state index contributed by atoms with van der Waals surface area (Å²) in [7, 11) is 4.00. The van der Waals surface area contributed by atoms with Gasteiger partial charge in [0.25, 0.3) is 5.91 Å². The monoisotopic (exact) mass is 325 g/mol. The van der Waals surface area contributed by atoms with Gasteiger partial charge in [0, 0.05) is 30.4 Å². The summed E-state index contributed by atoms with van der Waals surface area (Å²) < 4.78 is 2.16. The van der Waals surface area contributed by atoms with Crippen molar-refractivity contribution in [1.82, 2.24) is 14.5 Å². The number of anilines is 1. The molecule has 6 heteroatoms. The van der Waals surface area contributed by atoms with Crippen molar-refractivity contribution in [2.75, 3.05) is 32.5 Å². The molecule has 0 unspecified atom stereocenters. The number of aromatic nitrogens is 2. The van der Waals surface area contributed by atoms with Gasteiger partial charge in [-0.3, -0.25) is 4.79 Å². The van der Waals surface area contributed by atoms with Crippen LogP contribution in [-0.4, -0.2) is 47.5 Å². The number of hydrogen-bond acceptors (Lipinski definition) is 4. The summed E-state index contributed by atoms with van der Waals surface area (Å²) in [6, 6.07) is 9.99. The number of pyridine rings is 1. The number of nitrogens with one attached hydrogen (secondary N) is 1. The number of carbonyl (C=O) groups is 1. The molecule has 0 saturated carbocycles. The number of amides is 1. The van der Waals surface area contributed by atoms with Gasteiger partial charge in [-0.1, -0.05) is 18.2 Å². The number of aryl methyl sites for hydroxylation is 1. The first-order valence-corrected chi connectivity index (χ1v) is 8.13. The standard InChI is InChI=1S/C18H23N5O/c1-4-23-15-8-6-5-7-12(15)13-11-14(16(19)24)17(21-18(13)23)20-9-10-22(2)3/h5-8,11H,4,9-10H2,1-3H3,(H2,19,24)(H,20,21). The number of rotatable bonds is 6. The Kier molecular flexibility index (Phi) is 4.40. The highest BCUT2D eigenvalue weighted by Crippen LogP contribution is 2.30. The van der Waals surface area contributed by atoms with E-state index in [0.29, 0.717) is 17.9 Å².